The van der Waals surface area contributed by atoms with E-state index in [-0.39, 0.29) is 11.9 Å². The molecular formula is C20H21N3OS. The van der Waals surface area contributed by atoms with E-state index in [0.717, 1.165) is 22.7 Å². The van der Waals surface area contributed by atoms with Crippen LogP contribution in [0.2, 0.25) is 0 Å². The zero-order valence-electron chi connectivity index (χ0n) is 14.6. The Balaban J connectivity index is 1.78. The number of rotatable bonds is 5. The normalized spacial score (nSPS) is 12.0. The van der Waals surface area contributed by atoms with Crippen LogP contribution in [0, 0.1) is 6.92 Å². The van der Waals surface area contributed by atoms with Crippen molar-refractivity contribution in [1.29, 1.82) is 0 Å². The van der Waals surface area contributed by atoms with Gasteiger partial charge in [-0.25, -0.2) is 4.98 Å². The van der Waals surface area contributed by atoms with Gasteiger partial charge in [0.15, 0.2) is 0 Å². The third-order valence-corrected chi connectivity index (χ3v) is 5.47. The van der Waals surface area contributed by atoms with Gasteiger partial charge in [0, 0.05) is 25.9 Å². The monoisotopic (exact) mass is 351 g/mol. The maximum Gasteiger partial charge on any atom is 0.266 e. The SMILES string of the molecule is Cc1nc(Cc2ccccc2)sc1C(=O)N(C)C(C)c1ccncc1. The lowest BCUT2D eigenvalue weighted by molar-refractivity contribution is 0.0746. The van der Waals surface area contributed by atoms with E-state index in [9.17, 15) is 4.79 Å². The molecule has 0 aliphatic heterocycles. The van der Waals surface area contributed by atoms with Crippen LogP contribution in [0.1, 0.15) is 44.5 Å². The third-order valence-electron chi connectivity index (χ3n) is 4.32. The molecule has 0 fully saturated rings. The van der Waals surface area contributed by atoms with Gasteiger partial charge in [-0.1, -0.05) is 30.3 Å². The minimum atomic E-state index is -0.0189. The Bertz CT molecular complexity index is 846. The number of nitrogens with zero attached hydrogens (tertiary/aromatic N) is 3. The second kappa shape index (κ2) is 7.57. The van der Waals surface area contributed by atoms with Crippen molar-refractivity contribution in [2.24, 2.45) is 0 Å². The van der Waals surface area contributed by atoms with Crippen molar-refractivity contribution in [2.75, 3.05) is 7.05 Å². The van der Waals surface area contributed by atoms with Crippen molar-refractivity contribution in [3.05, 3.63) is 81.6 Å². The van der Waals surface area contributed by atoms with Gasteiger partial charge in [0.2, 0.25) is 0 Å². The molecule has 0 bridgehead atoms. The van der Waals surface area contributed by atoms with E-state index in [0.29, 0.717) is 4.88 Å². The van der Waals surface area contributed by atoms with E-state index in [1.165, 1.54) is 16.9 Å². The van der Waals surface area contributed by atoms with Crippen LogP contribution in [0.15, 0.2) is 54.9 Å². The molecule has 1 amide bonds. The van der Waals surface area contributed by atoms with Crippen LogP contribution in [0.4, 0.5) is 0 Å². The number of pyridine rings is 1. The fraction of sp³-hybridized carbons (Fsp3) is 0.250. The summed E-state index contributed by atoms with van der Waals surface area (Å²) in [4.78, 5) is 24.0. The fourth-order valence-corrected chi connectivity index (χ4v) is 3.78. The first kappa shape index (κ1) is 17.3. The maximum atomic E-state index is 12.9. The Kier molecular flexibility index (Phi) is 5.24. The first-order valence-electron chi connectivity index (χ1n) is 8.23. The molecule has 0 saturated heterocycles. The van der Waals surface area contributed by atoms with Crippen LogP contribution in [0.25, 0.3) is 0 Å². The number of carbonyl (C=O) groups excluding carboxylic acids is 1. The number of aryl methyl sites for hydroxylation is 1. The Morgan fingerprint density at radius 1 is 1.16 bits per heavy atom. The van der Waals surface area contributed by atoms with Crippen molar-refractivity contribution in [1.82, 2.24) is 14.9 Å². The standard InChI is InChI=1S/C20H21N3OS/c1-14-19(25-18(22-14)13-16-7-5-4-6-8-16)20(24)23(3)15(2)17-9-11-21-12-10-17/h4-12,15H,13H2,1-3H3. The zero-order chi connectivity index (χ0) is 17.8. The second-order valence-corrected chi connectivity index (χ2v) is 7.14. The fourth-order valence-electron chi connectivity index (χ4n) is 2.70. The van der Waals surface area contributed by atoms with E-state index in [1.807, 2.05) is 51.2 Å². The van der Waals surface area contributed by atoms with E-state index in [1.54, 1.807) is 17.3 Å². The average Bonchev–Trinajstić information content (AvgIpc) is 3.01. The summed E-state index contributed by atoms with van der Waals surface area (Å²) in [5, 5.41) is 0.969. The summed E-state index contributed by atoms with van der Waals surface area (Å²) in [5.41, 5.74) is 3.07. The number of hydrogen-bond donors (Lipinski definition) is 0. The number of aromatic nitrogens is 2. The Hall–Kier alpha value is -2.53. The first-order valence-corrected chi connectivity index (χ1v) is 9.05. The zero-order valence-corrected chi connectivity index (χ0v) is 15.5. The molecular weight excluding hydrogens is 330 g/mol. The van der Waals surface area contributed by atoms with E-state index in [2.05, 4.69) is 22.1 Å². The van der Waals surface area contributed by atoms with Crippen molar-refractivity contribution >= 4 is 17.2 Å². The van der Waals surface area contributed by atoms with Gasteiger partial charge in [0.05, 0.1) is 16.7 Å². The van der Waals surface area contributed by atoms with Crippen LogP contribution < -0.4 is 0 Å². The van der Waals surface area contributed by atoms with Gasteiger partial charge >= 0.3 is 0 Å². The molecule has 1 aromatic carbocycles. The summed E-state index contributed by atoms with van der Waals surface area (Å²) in [7, 11) is 1.84. The Labute approximate surface area is 152 Å². The largest absolute Gasteiger partial charge is 0.334 e. The highest BCUT2D eigenvalue weighted by molar-refractivity contribution is 7.13. The van der Waals surface area contributed by atoms with Crippen LogP contribution in [-0.4, -0.2) is 27.8 Å². The molecule has 2 heterocycles. The number of hydrogen-bond acceptors (Lipinski definition) is 4. The molecule has 0 N–H and O–H groups in total. The van der Waals surface area contributed by atoms with Crippen molar-refractivity contribution in [3.63, 3.8) is 0 Å². The maximum absolute atomic E-state index is 12.9. The van der Waals surface area contributed by atoms with Crippen LogP contribution >= 0.6 is 11.3 Å². The average molecular weight is 351 g/mol. The van der Waals surface area contributed by atoms with Gasteiger partial charge in [0.1, 0.15) is 4.88 Å². The lowest BCUT2D eigenvalue weighted by Crippen LogP contribution is -2.29. The summed E-state index contributed by atoms with van der Waals surface area (Å²) >= 11 is 1.49. The molecule has 2 aromatic heterocycles. The highest BCUT2D eigenvalue weighted by atomic mass is 32.1. The summed E-state index contributed by atoms with van der Waals surface area (Å²) < 4.78 is 0. The minimum absolute atomic E-state index is 0.0126. The van der Waals surface area contributed by atoms with E-state index < -0.39 is 0 Å². The van der Waals surface area contributed by atoms with E-state index in [4.69, 9.17) is 0 Å². The predicted octanol–water partition coefficient (Wildman–Crippen LogP) is 4.27. The molecule has 25 heavy (non-hydrogen) atoms. The molecule has 0 saturated carbocycles. The topological polar surface area (TPSA) is 46.1 Å². The van der Waals surface area contributed by atoms with Crippen molar-refractivity contribution in [3.8, 4) is 0 Å². The van der Waals surface area contributed by atoms with Gasteiger partial charge < -0.3 is 4.90 Å². The molecule has 3 aromatic rings. The minimum Gasteiger partial charge on any atom is -0.334 e. The highest BCUT2D eigenvalue weighted by Crippen LogP contribution is 2.26. The Morgan fingerprint density at radius 2 is 1.84 bits per heavy atom. The number of benzene rings is 1. The molecule has 0 radical (unpaired) electrons. The molecule has 4 nitrogen and oxygen atoms in total. The van der Waals surface area contributed by atoms with Gasteiger partial charge in [-0.05, 0) is 37.1 Å². The van der Waals surface area contributed by atoms with Gasteiger partial charge in [-0.2, -0.15) is 0 Å². The molecule has 128 valence electrons. The Morgan fingerprint density at radius 3 is 2.52 bits per heavy atom. The molecule has 0 aliphatic rings. The summed E-state index contributed by atoms with van der Waals surface area (Å²) in [6.07, 6.45) is 4.25. The summed E-state index contributed by atoms with van der Waals surface area (Å²) in [6.45, 7) is 3.93. The first-order chi connectivity index (χ1) is 12.1. The summed E-state index contributed by atoms with van der Waals surface area (Å²) in [6, 6.07) is 14.1. The van der Waals surface area contributed by atoms with Crippen LogP contribution in [0.5, 0.6) is 0 Å². The van der Waals surface area contributed by atoms with Crippen molar-refractivity contribution < 1.29 is 4.79 Å². The molecule has 0 aliphatic carbocycles. The van der Waals surface area contributed by atoms with Crippen LogP contribution in [-0.2, 0) is 6.42 Å². The molecule has 1 atom stereocenters. The number of carbonyl (C=O) groups is 1. The molecule has 3 rings (SSSR count). The number of thiazole rings is 1. The second-order valence-electron chi connectivity index (χ2n) is 6.06. The quantitative estimate of drug-likeness (QED) is 0.689. The van der Waals surface area contributed by atoms with Crippen LogP contribution in [0.3, 0.4) is 0 Å². The molecule has 0 spiro atoms. The smallest absolute Gasteiger partial charge is 0.266 e. The van der Waals surface area contributed by atoms with Crippen molar-refractivity contribution in [2.45, 2.75) is 26.3 Å². The predicted molar refractivity (Wildman–Crippen MR) is 101 cm³/mol. The summed E-state index contributed by atoms with van der Waals surface area (Å²) in [5.74, 6) is 0.0126. The van der Waals surface area contributed by atoms with Gasteiger partial charge in [0.25, 0.3) is 5.91 Å². The number of amides is 1. The highest BCUT2D eigenvalue weighted by Gasteiger charge is 2.23. The molecule has 1 unspecified atom stereocenters. The third kappa shape index (κ3) is 3.94. The molecule has 5 heteroatoms. The van der Waals surface area contributed by atoms with Gasteiger partial charge in [-0.3, -0.25) is 9.78 Å². The lowest BCUT2D eigenvalue weighted by atomic mass is 10.1. The lowest BCUT2D eigenvalue weighted by Gasteiger charge is -2.24. The van der Waals surface area contributed by atoms with Gasteiger partial charge in [-0.15, -0.1) is 11.3 Å². The van der Waals surface area contributed by atoms with E-state index >= 15 is 0 Å².